The number of unbranched alkanes of at least 4 members (excludes halogenated alkanes) is 12. The maximum atomic E-state index is 12.2. The summed E-state index contributed by atoms with van der Waals surface area (Å²) in [6.07, 6.45) is 19.7. The fourth-order valence-corrected chi connectivity index (χ4v) is 3.85. The minimum Gasteiger partial charge on any atom is -0.462 e. The summed E-state index contributed by atoms with van der Waals surface area (Å²) in [5, 5.41) is 0. The molecule has 0 aromatic carbocycles. The van der Waals surface area contributed by atoms with Crippen LogP contribution in [0.2, 0.25) is 0 Å². The lowest BCUT2D eigenvalue weighted by molar-refractivity contribution is -0.161. The summed E-state index contributed by atoms with van der Waals surface area (Å²) in [5.74, 6) is -0.907. The van der Waals surface area contributed by atoms with E-state index in [1.165, 1.54) is 25.7 Å². The van der Waals surface area contributed by atoms with Crippen LogP contribution in [0, 0.1) is 0 Å². The van der Waals surface area contributed by atoms with E-state index in [-0.39, 0.29) is 19.4 Å². The Morgan fingerprint density at radius 1 is 0.714 bits per heavy atom. The van der Waals surface area contributed by atoms with Crippen LogP contribution in [0.15, 0.2) is 12.2 Å². The van der Waals surface area contributed by atoms with Gasteiger partial charge in [-0.3, -0.25) is 14.1 Å². The van der Waals surface area contributed by atoms with Crippen LogP contribution in [0.25, 0.3) is 0 Å². The molecule has 35 heavy (non-hydrogen) atoms. The number of hydrogen-bond acceptors (Lipinski definition) is 6. The number of rotatable bonds is 24. The molecule has 0 saturated carbocycles. The molecule has 1 atom stereocenters. The molecular formula is C26H49O8P. The van der Waals surface area contributed by atoms with Crippen molar-refractivity contribution in [3.8, 4) is 0 Å². The van der Waals surface area contributed by atoms with E-state index >= 15 is 0 Å². The van der Waals surface area contributed by atoms with E-state index < -0.39 is 32.5 Å². The SMILES string of the molecule is CCC/C=C\CCCCCCCC(=O)O[C@@H](COC(=O)CCCCCCCCC)COP(=O)(O)O. The van der Waals surface area contributed by atoms with Crippen LogP contribution < -0.4 is 0 Å². The third kappa shape index (κ3) is 25.7. The van der Waals surface area contributed by atoms with Crippen LogP contribution in [0.5, 0.6) is 0 Å². The van der Waals surface area contributed by atoms with Crippen molar-refractivity contribution < 1.29 is 37.9 Å². The predicted molar refractivity (Wildman–Crippen MR) is 138 cm³/mol. The van der Waals surface area contributed by atoms with Gasteiger partial charge in [0, 0.05) is 12.8 Å². The Kier molecular flexibility index (Phi) is 22.4. The van der Waals surface area contributed by atoms with Crippen molar-refractivity contribution in [2.24, 2.45) is 0 Å². The zero-order valence-electron chi connectivity index (χ0n) is 22.0. The van der Waals surface area contributed by atoms with Gasteiger partial charge in [0.2, 0.25) is 0 Å². The molecule has 0 rings (SSSR count). The van der Waals surface area contributed by atoms with E-state index in [1.807, 2.05) is 0 Å². The average molecular weight is 521 g/mol. The average Bonchev–Trinajstić information content (AvgIpc) is 2.81. The smallest absolute Gasteiger partial charge is 0.462 e. The van der Waals surface area contributed by atoms with E-state index in [4.69, 9.17) is 19.3 Å². The molecular weight excluding hydrogens is 471 g/mol. The molecule has 0 bridgehead atoms. The molecule has 0 fully saturated rings. The van der Waals surface area contributed by atoms with Crippen molar-refractivity contribution in [1.29, 1.82) is 0 Å². The molecule has 0 aromatic heterocycles. The molecule has 0 aliphatic carbocycles. The van der Waals surface area contributed by atoms with Crippen LogP contribution in [0.4, 0.5) is 0 Å². The summed E-state index contributed by atoms with van der Waals surface area (Å²) in [4.78, 5) is 42.0. The molecule has 0 aliphatic rings. The Morgan fingerprint density at radius 3 is 1.86 bits per heavy atom. The molecule has 0 saturated heterocycles. The highest BCUT2D eigenvalue weighted by atomic mass is 31.2. The lowest BCUT2D eigenvalue weighted by atomic mass is 10.1. The van der Waals surface area contributed by atoms with Gasteiger partial charge < -0.3 is 19.3 Å². The van der Waals surface area contributed by atoms with Gasteiger partial charge in [0.15, 0.2) is 6.10 Å². The van der Waals surface area contributed by atoms with Crippen molar-refractivity contribution >= 4 is 19.8 Å². The van der Waals surface area contributed by atoms with Crippen LogP contribution in [0.1, 0.15) is 123 Å². The fraction of sp³-hybridized carbons (Fsp3) is 0.846. The van der Waals surface area contributed by atoms with Crippen LogP contribution in [-0.4, -0.2) is 41.0 Å². The van der Waals surface area contributed by atoms with Gasteiger partial charge in [-0.2, -0.15) is 0 Å². The van der Waals surface area contributed by atoms with Crippen molar-refractivity contribution in [3.63, 3.8) is 0 Å². The van der Waals surface area contributed by atoms with Gasteiger partial charge >= 0.3 is 19.8 Å². The third-order valence-electron chi connectivity index (χ3n) is 5.52. The van der Waals surface area contributed by atoms with E-state index in [1.54, 1.807) is 0 Å². The summed E-state index contributed by atoms with van der Waals surface area (Å²) in [5.41, 5.74) is 0. The minimum atomic E-state index is -4.73. The number of allylic oxidation sites excluding steroid dienone is 2. The summed E-state index contributed by atoms with van der Waals surface area (Å²) in [6, 6.07) is 0. The van der Waals surface area contributed by atoms with Gasteiger partial charge in [-0.15, -0.1) is 0 Å². The largest absolute Gasteiger partial charge is 0.469 e. The summed E-state index contributed by atoms with van der Waals surface area (Å²) in [6.45, 7) is 3.51. The molecule has 0 aliphatic heterocycles. The second kappa shape index (κ2) is 23.2. The monoisotopic (exact) mass is 520 g/mol. The molecule has 9 heteroatoms. The highest BCUT2D eigenvalue weighted by Gasteiger charge is 2.22. The molecule has 0 radical (unpaired) electrons. The van der Waals surface area contributed by atoms with E-state index in [2.05, 4.69) is 30.5 Å². The second-order valence-electron chi connectivity index (χ2n) is 9.02. The Balaban J connectivity index is 4.14. The molecule has 0 aromatic rings. The van der Waals surface area contributed by atoms with Crippen LogP contribution in [-0.2, 0) is 28.2 Å². The first kappa shape index (κ1) is 33.8. The number of carbonyl (C=O) groups is 2. The van der Waals surface area contributed by atoms with Crippen LogP contribution in [0.3, 0.4) is 0 Å². The third-order valence-corrected chi connectivity index (χ3v) is 6.00. The standard InChI is InChI=1S/C26H49O8P/c1-3-5-7-9-11-12-13-15-17-19-21-26(28)34-24(23-33-35(29,30)31)22-32-25(27)20-18-16-14-10-8-6-4-2/h7,9,24H,3-6,8,10-23H2,1-2H3,(H2,29,30,31)/b9-7-/t24-/m0/s1. The van der Waals surface area contributed by atoms with E-state index in [0.29, 0.717) is 6.42 Å². The number of phosphoric ester groups is 1. The maximum absolute atomic E-state index is 12.2. The lowest BCUT2D eigenvalue weighted by Crippen LogP contribution is -2.29. The van der Waals surface area contributed by atoms with Crippen molar-refractivity contribution in [2.75, 3.05) is 13.2 Å². The lowest BCUT2D eigenvalue weighted by Gasteiger charge is -2.18. The number of carbonyl (C=O) groups excluding carboxylic acids is 2. The Labute approximate surface area is 212 Å². The fourth-order valence-electron chi connectivity index (χ4n) is 3.49. The van der Waals surface area contributed by atoms with Gasteiger partial charge in [-0.25, -0.2) is 4.57 Å². The first-order valence-corrected chi connectivity index (χ1v) is 15.0. The summed E-state index contributed by atoms with van der Waals surface area (Å²) < 4.78 is 25.9. The molecule has 0 heterocycles. The summed E-state index contributed by atoms with van der Waals surface area (Å²) in [7, 11) is -4.73. The number of hydrogen-bond donors (Lipinski definition) is 2. The number of ether oxygens (including phenoxy) is 2. The summed E-state index contributed by atoms with van der Waals surface area (Å²) >= 11 is 0. The first-order valence-electron chi connectivity index (χ1n) is 13.5. The molecule has 206 valence electrons. The zero-order chi connectivity index (χ0) is 26.2. The normalized spacial score (nSPS) is 12.7. The maximum Gasteiger partial charge on any atom is 0.469 e. The molecule has 0 amide bonds. The second-order valence-corrected chi connectivity index (χ2v) is 10.3. The van der Waals surface area contributed by atoms with Gasteiger partial charge in [0.1, 0.15) is 6.61 Å². The number of esters is 2. The van der Waals surface area contributed by atoms with Gasteiger partial charge in [0.05, 0.1) is 6.61 Å². The first-order chi connectivity index (χ1) is 16.8. The number of phosphoric acid groups is 1. The molecule has 8 nitrogen and oxygen atoms in total. The van der Waals surface area contributed by atoms with Crippen molar-refractivity contribution in [3.05, 3.63) is 12.2 Å². The van der Waals surface area contributed by atoms with Gasteiger partial charge in [0.25, 0.3) is 0 Å². The predicted octanol–water partition coefficient (Wildman–Crippen LogP) is 6.78. The Morgan fingerprint density at radius 2 is 1.26 bits per heavy atom. The quantitative estimate of drug-likeness (QED) is 0.0619. The van der Waals surface area contributed by atoms with Crippen molar-refractivity contribution in [2.45, 2.75) is 129 Å². The Hall–Kier alpha value is -1.21. The van der Waals surface area contributed by atoms with E-state index in [0.717, 1.165) is 64.2 Å². The Bertz CT molecular complexity index is 602. The van der Waals surface area contributed by atoms with Gasteiger partial charge in [-0.05, 0) is 32.1 Å². The highest BCUT2D eigenvalue weighted by molar-refractivity contribution is 7.46. The minimum absolute atomic E-state index is 0.203. The van der Waals surface area contributed by atoms with Gasteiger partial charge in [-0.1, -0.05) is 90.2 Å². The topological polar surface area (TPSA) is 119 Å². The van der Waals surface area contributed by atoms with Crippen molar-refractivity contribution in [1.82, 2.24) is 0 Å². The highest BCUT2D eigenvalue weighted by Crippen LogP contribution is 2.35. The molecule has 2 N–H and O–H groups in total. The van der Waals surface area contributed by atoms with Crippen LogP contribution >= 0.6 is 7.82 Å². The zero-order valence-corrected chi connectivity index (χ0v) is 22.9. The molecule has 0 unspecified atom stereocenters. The van der Waals surface area contributed by atoms with E-state index in [9.17, 15) is 14.2 Å². The molecule has 0 spiro atoms.